The van der Waals surface area contributed by atoms with Crippen molar-refractivity contribution in [3.63, 3.8) is 0 Å². The van der Waals surface area contributed by atoms with E-state index in [4.69, 9.17) is 18.0 Å². The molecule has 6 heteroatoms. The summed E-state index contributed by atoms with van der Waals surface area (Å²) in [4.78, 5) is 24.3. The van der Waals surface area contributed by atoms with Crippen molar-refractivity contribution in [1.29, 1.82) is 0 Å². The van der Waals surface area contributed by atoms with Crippen LogP contribution in [0.15, 0.2) is 24.3 Å². The Labute approximate surface area is 130 Å². The van der Waals surface area contributed by atoms with Gasteiger partial charge in [-0.05, 0) is 39.8 Å². The van der Waals surface area contributed by atoms with Crippen LogP contribution in [0.3, 0.4) is 0 Å². The molecule has 4 N–H and O–H groups in total. The third-order valence-electron chi connectivity index (χ3n) is 2.65. The molecule has 21 heavy (non-hydrogen) atoms. The number of thiocarbonyl (C=S) groups is 1. The van der Waals surface area contributed by atoms with Crippen molar-refractivity contribution in [3.8, 4) is 0 Å². The smallest absolute Gasteiger partial charge is 0.251 e. The lowest BCUT2D eigenvalue weighted by Crippen LogP contribution is -2.50. The van der Waals surface area contributed by atoms with Gasteiger partial charge in [0.15, 0.2) is 0 Å². The summed E-state index contributed by atoms with van der Waals surface area (Å²) in [6.07, 6.45) is 0. The zero-order valence-electron chi connectivity index (χ0n) is 12.7. The van der Waals surface area contributed by atoms with Crippen LogP contribution in [0, 0.1) is 0 Å². The fourth-order valence-electron chi connectivity index (χ4n) is 1.64. The number of hydrogen-bond donors (Lipinski definition) is 3. The van der Waals surface area contributed by atoms with Gasteiger partial charge in [0.2, 0.25) is 5.91 Å². The van der Waals surface area contributed by atoms with Gasteiger partial charge in [0.1, 0.15) is 11.0 Å². The highest BCUT2D eigenvalue weighted by atomic mass is 32.1. The normalized spacial score (nSPS) is 12.4. The number of amides is 2. The Morgan fingerprint density at radius 3 is 2.33 bits per heavy atom. The van der Waals surface area contributed by atoms with Gasteiger partial charge in [-0.1, -0.05) is 24.4 Å². The van der Waals surface area contributed by atoms with Crippen LogP contribution in [0.5, 0.6) is 0 Å². The van der Waals surface area contributed by atoms with Gasteiger partial charge in [-0.3, -0.25) is 9.59 Å². The molecule has 0 heterocycles. The number of carbonyl (C=O) groups excluding carboxylic acids is 2. The van der Waals surface area contributed by atoms with E-state index in [0.717, 1.165) is 0 Å². The molecule has 2 amide bonds. The van der Waals surface area contributed by atoms with Crippen molar-refractivity contribution >= 4 is 29.0 Å². The molecule has 0 saturated heterocycles. The standard InChI is InChI=1S/C15H21N3O2S/c1-9(13(19)18-15(2,3)4)17-14(20)11-7-5-6-10(8-11)12(16)21/h5-9H,1-4H3,(H2,16,21)(H,17,20)(H,18,19). The second-order valence-electron chi connectivity index (χ2n) is 5.88. The van der Waals surface area contributed by atoms with E-state index < -0.39 is 6.04 Å². The summed E-state index contributed by atoms with van der Waals surface area (Å²) in [6.45, 7) is 7.28. The van der Waals surface area contributed by atoms with Crippen LogP contribution in [0.25, 0.3) is 0 Å². The first-order chi connectivity index (χ1) is 9.60. The Bertz CT molecular complexity index is 564. The maximum absolute atomic E-state index is 12.1. The Hall–Kier alpha value is -1.95. The number of carbonyl (C=O) groups is 2. The first-order valence-corrected chi connectivity index (χ1v) is 7.04. The minimum Gasteiger partial charge on any atom is -0.389 e. The van der Waals surface area contributed by atoms with Crippen LogP contribution < -0.4 is 16.4 Å². The highest BCUT2D eigenvalue weighted by molar-refractivity contribution is 7.80. The average Bonchev–Trinajstić information content (AvgIpc) is 2.36. The van der Waals surface area contributed by atoms with Crippen molar-refractivity contribution in [3.05, 3.63) is 35.4 Å². The molecule has 1 rings (SSSR count). The Kier molecular flexibility index (Phi) is 5.43. The molecule has 0 radical (unpaired) electrons. The minimum absolute atomic E-state index is 0.225. The fraction of sp³-hybridized carbons (Fsp3) is 0.400. The molecule has 0 aliphatic heterocycles. The highest BCUT2D eigenvalue weighted by Crippen LogP contribution is 2.06. The first-order valence-electron chi connectivity index (χ1n) is 6.63. The average molecular weight is 307 g/mol. The Morgan fingerprint density at radius 1 is 1.24 bits per heavy atom. The van der Waals surface area contributed by atoms with Crippen LogP contribution in [-0.4, -0.2) is 28.4 Å². The van der Waals surface area contributed by atoms with Crippen molar-refractivity contribution in [2.45, 2.75) is 39.3 Å². The number of rotatable bonds is 4. The van der Waals surface area contributed by atoms with Crippen molar-refractivity contribution in [2.24, 2.45) is 5.73 Å². The summed E-state index contributed by atoms with van der Waals surface area (Å²) in [7, 11) is 0. The quantitative estimate of drug-likeness (QED) is 0.733. The highest BCUT2D eigenvalue weighted by Gasteiger charge is 2.21. The van der Waals surface area contributed by atoms with Crippen molar-refractivity contribution in [2.75, 3.05) is 0 Å². The molecular weight excluding hydrogens is 286 g/mol. The molecule has 0 fully saturated rings. The molecule has 1 unspecified atom stereocenters. The molecule has 0 spiro atoms. The van der Waals surface area contributed by atoms with E-state index in [-0.39, 0.29) is 22.3 Å². The number of hydrogen-bond acceptors (Lipinski definition) is 3. The van der Waals surface area contributed by atoms with Gasteiger partial charge < -0.3 is 16.4 Å². The molecule has 0 saturated carbocycles. The molecule has 0 aromatic heterocycles. The van der Waals surface area contributed by atoms with Crippen LogP contribution in [-0.2, 0) is 4.79 Å². The van der Waals surface area contributed by atoms with E-state index in [1.54, 1.807) is 31.2 Å². The maximum Gasteiger partial charge on any atom is 0.251 e. The molecule has 1 aromatic rings. The van der Waals surface area contributed by atoms with Gasteiger partial charge in [0, 0.05) is 16.7 Å². The van der Waals surface area contributed by atoms with E-state index in [0.29, 0.717) is 11.1 Å². The maximum atomic E-state index is 12.1. The molecule has 1 atom stereocenters. The topological polar surface area (TPSA) is 84.2 Å². The van der Waals surface area contributed by atoms with Gasteiger partial charge in [-0.2, -0.15) is 0 Å². The SMILES string of the molecule is CC(NC(=O)c1cccc(C(N)=S)c1)C(=O)NC(C)(C)C. The summed E-state index contributed by atoms with van der Waals surface area (Å²) in [5, 5.41) is 5.46. The van der Waals surface area contributed by atoms with Gasteiger partial charge in [0.25, 0.3) is 5.91 Å². The lowest BCUT2D eigenvalue weighted by atomic mass is 10.1. The van der Waals surface area contributed by atoms with Crippen LogP contribution in [0.2, 0.25) is 0 Å². The lowest BCUT2D eigenvalue weighted by Gasteiger charge is -2.23. The predicted octanol–water partition coefficient (Wildman–Crippen LogP) is 1.35. The molecular formula is C15H21N3O2S. The van der Waals surface area contributed by atoms with E-state index in [2.05, 4.69) is 10.6 Å². The molecule has 5 nitrogen and oxygen atoms in total. The fourth-order valence-corrected chi connectivity index (χ4v) is 1.76. The monoisotopic (exact) mass is 307 g/mol. The third kappa shape index (κ3) is 5.51. The van der Waals surface area contributed by atoms with Gasteiger partial charge in [0.05, 0.1) is 0 Å². The summed E-state index contributed by atoms with van der Waals surface area (Å²) in [5.74, 6) is -0.578. The Balaban J connectivity index is 2.75. The minimum atomic E-state index is -0.634. The van der Waals surface area contributed by atoms with E-state index in [9.17, 15) is 9.59 Å². The summed E-state index contributed by atoms with van der Waals surface area (Å²) in [6, 6.07) is 6.04. The Morgan fingerprint density at radius 2 is 1.81 bits per heavy atom. The molecule has 1 aromatic carbocycles. The van der Waals surface area contributed by atoms with Gasteiger partial charge in [-0.15, -0.1) is 0 Å². The molecule has 114 valence electrons. The first kappa shape index (κ1) is 17.1. The summed E-state index contributed by atoms with van der Waals surface area (Å²) >= 11 is 4.88. The van der Waals surface area contributed by atoms with Gasteiger partial charge >= 0.3 is 0 Å². The zero-order valence-corrected chi connectivity index (χ0v) is 13.5. The molecule has 0 bridgehead atoms. The van der Waals surface area contributed by atoms with E-state index >= 15 is 0 Å². The molecule has 0 aliphatic rings. The van der Waals surface area contributed by atoms with E-state index in [1.165, 1.54) is 0 Å². The van der Waals surface area contributed by atoms with Crippen LogP contribution in [0.4, 0.5) is 0 Å². The van der Waals surface area contributed by atoms with E-state index in [1.807, 2.05) is 20.8 Å². The number of nitrogens with two attached hydrogens (primary N) is 1. The largest absolute Gasteiger partial charge is 0.389 e. The number of benzene rings is 1. The predicted molar refractivity (Wildman–Crippen MR) is 87.2 cm³/mol. The summed E-state index contributed by atoms with van der Waals surface area (Å²) in [5.41, 5.74) is 6.22. The second kappa shape index (κ2) is 6.67. The van der Waals surface area contributed by atoms with Gasteiger partial charge in [-0.25, -0.2) is 0 Å². The summed E-state index contributed by atoms with van der Waals surface area (Å²) < 4.78 is 0. The lowest BCUT2D eigenvalue weighted by molar-refractivity contribution is -0.124. The third-order valence-corrected chi connectivity index (χ3v) is 2.88. The van der Waals surface area contributed by atoms with Crippen molar-refractivity contribution in [1.82, 2.24) is 10.6 Å². The van der Waals surface area contributed by atoms with Crippen LogP contribution >= 0.6 is 12.2 Å². The van der Waals surface area contributed by atoms with Crippen molar-refractivity contribution < 1.29 is 9.59 Å². The zero-order chi connectivity index (χ0) is 16.2. The second-order valence-corrected chi connectivity index (χ2v) is 6.32. The van der Waals surface area contributed by atoms with Crippen LogP contribution in [0.1, 0.15) is 43.6 Å². The molecule has 0 aliphatic carbocycles. The number of nitrogens with one attached hydrogen (secondary N) is 2.